The van der Waals surface area contributed by atoms with Gasteiger partial charge in [0.1, 0.15) is 77.4 Å². The van der Waals surface area contributed by atoms with Crippen molar-refractivity contribution < 1.29 is 58.5 Å². The highest BCUT2D eigenvalue weighted by atomic mass is 16.7. The number of aromatic hydroxyl groups is 1. The number of fused-ring (bicyclic) bond motifs is 2. The summed E-state index contributed by atoms with van der Waals surface area (Å²) in [6, 6.07) is 2.77. The van der Waals surface area contributed by atoms with Crippen molar-refractivity contribution in [1.82, 2.24) is 0 Å². The van der Waals surface area contributed by atoms with Gasteiger partial charge in [-0.2, -0.15) is 0 Å². The van der Waals surface area contributed by atoms with Gasteiger partial charge in [-0.15, -0.1) is 0 Å². The molecule has 1 fully saturated rings. The lowest BCUT2D eigenvalue weighted by molar-refractivity contribution is -0.329. The number of hydrogen-bond acceptors (Lipinski definition) is 12. The van der Waals surface area contributed by atoms with Crippen LogP contribution in [0.3, 0.4) is 0 Å². The predicted octanol–water partition coefficient (Wildman–Crippen LogP) is -0.269. The first kappa shape index (κ1) is 26.8. The Balaban J connectivity index is 1.50. The molecule has 4 rings (SSSR count). The van der Waals surface area contributed by atoms with Crippen LogP contribution < -0.4 is 10.2 Å². The predicted molar refractivity (Wildman–Crippen MR) is 122 cm³/mol. The molecule has 0 aliphatic carbocycles. The van der Waals surface area contributed by atoms with Gasteiger partial charge >= 0.3 is 11.9 Å². The number of rotatable bonds is 7. The normalized spacial score (nSPS) is 27.5. The van der Waals surface area contributed by atoms with Crippen molar-refractivity contribution in [3.63, 3.8) is 0 Å². The molecule has 2 aliphatic rings. The average molecular weight is 524 g/mol. The summed E-state index contributed by atoms with van der Waals surface area (Å²) < 4.78 is 27.8. The van der Waals surface area contributed by atoms with Crippen molar-refractivity contribution in [2.75, 3.05) is 6.61 Å². The summed E-state index contributed by atoms with van der Waals surface area (Å²) >= 11 is 0. The van der Waals surface area contributed by atoms with Gasteiger partial charge in [0.2, 0.25) is 0 Å². The highest BCUT2D eigenvalue weighted by Gasteiger charge is 2.49. The Hall–Kier alpha value is -3.23. The Morgan fingerprint density at radius 2 is 1.84 bits per heavy atom. The molecule has 0 amide bonds. The highest BCUT2D eigenvalue weighted by molar-refractivity contribution is 5.90. The first-order valence-corrected chi connectivity index (χ1v) is 11.5. The summed E-state index contributed by atoms with van der Waals surface area (Å²) in [6.45, 7) is 4.24. The Labute approximate surface area is 209 Å². The van der Waals surface area contributed by atoms with Crippen molar-refractivity contribution in [2.45, 2.75) is 76.0 Å². The number of carbonyl (C=O) groups is 2. The third-order valence-corrected chi connectivity index (χ3v) is 6.41. The molecular formula is C24H28O13. The monoisotopic (exact) mass is 524 g/mol. The minimum absolute atomic E-state index is 0.0238. The van der Waals surface area contributed by atoms with Gasteiger partial charge in [-0.1, -0.05) is 0 Å². The Morgan fingerprint density at radius 1 is 1.14 bits per heavy atom. The van der Waals surface area contributed by atoms with E-state index in [1.807, 2.05) is 0 Å². The topological polar surface area (TPSA) is 202 Å². The second-order valence-corrected chi connectivity index (χ2v) is 9.60. The number of carboxylic acid groups (broad SMARTS) is 1. The number of aliphatic hydroxyl groups is 3. The molecule has 1 saturated heterocycles. The van der Waals surface area contributed by atoms with Gasteiger partial charge in [-0.25, -0.2) is 0 Å². The average Bonchev–Trinajstić information content (AvgIpc) is 3.23. The number of phenols is 1. The highest BCUT2D eigenvalue weighted by Crippen LogP contribution is 2.43. The number of aliphatic hydroxyl groups excluding tert-OH is 3. The van der Waals surface area contributed by atoms with Gasteiger partial charge in [0.15, 0.2) is 11.7 Å². The van der Waals surface area contributed by atoms with Gasteiger partial charge in [0, 0.05) is 24.1 Å². The summed E-state index contributed by atoms with van der Waals surface area (Å²) in [5.74, 6) is -2.10. The van der Waals surface area contributed by atoms with Crippen LogP contribution in [0.4, 0.5) is 0 Å². The Kier molecular flexibility index (Phi) is 7.18. The number of aryl methyl sites for hydroxylation is 1. The summed E-state index contributed by atoms with van der Waals surface area (Å²) in [6.07, 6.45) is -9.41. The van der Waals surface area contributed by atoms with E-state index in [-0.39, 0.29) is 28.9 Å². The maximum Gasteiger partial charge on any atom is 0.317 e. The zero-order valence-electron chi connectivity index (χ0n) is 20.2. The van der Waals surface area contributed by atoms with E-state index in [2.05, 4.69) is 0 Å². The molecular weight excluding hydrogens is 496 g/mol. The number of carboxylic acids is 1. The molecule has 6 unspecified atom stereocenters. The van der Waals surface area contributed by atoms with Gasteiger partial charge in [0.25, 0.3) is 0 Å². The largest absolute Gasteiger partial charge is 0.507 e. The maximum atomic E-state index is 12.4. The second kappa shape index (κ2) is 9.91. The molecule has 0 saturated carbocycles. The van der Waals surface area contributed by atoms with Crippen LogP contribution in [-0.4, -0.2) is 86.5 Å². The molecule has 37 heavy (non-hydrogen) atoms. The molecule has 3 heterocycles. The van der Waals surface area contributed by atoms with Crippen LogP contribution in [0.2, 0.25) is 0 Å². The van der Waals surface area contributed by atoms with Crippen LogP contribution >= 0.6 is 0 Å². The lowest BCUT2D eigenvalue weighted by Gasteiger charge is -2.43. The molecule has 0 bridgehead atoms. The van der Waals surface area contributed by atoms with Crippen molar-refractivity contribution >= 4 is 22.9 Å². The van der Waals surface area contributed by atoms with Crippen LogP contribution in [-0.2, 0) is 30.2 Å². The lowest BCUT2D eigenvalue weighted by atomic mass is 9.94. The summed E-state index contributed by atoms with van der Waals surface area (Å²) in [5.41, 5.74) is -1.10. The van der Waals surface area contributed by atoms with Crippen molar-refractivity contribution in [1.29, 1.82) is 0 Å². The van der Waals surface area contributed by atoms with Crippen molar-refractivity contribution in [3.05, 3.63) is 33.7 Å². The van der Waals surface area contributed by atoms with Crippen LogP contribution in [0, 0.1) is 6.92 Å². The van der Waals surface area contributed by atoms with Crippen molar-refractivity contribution in [2.24, 2.45) is 0 Å². The number of carbonyl (C=O) groups excluding carboxylic acids is 1. The number of aliphatic carboxylic acids is 1. The first-order valence-electron chi connectivity index (χ1n) is 11.5. The zero-order valence-corrected chi connectivity index (χ0v) is 20.2. The number of hydrogen-bond donors (Lipinski definition) is 5. The van der Waals surface area contributed by atoms with Crippen molar-refractivity contribution in [3.8, 4) is 11.5 Å². The lowest BCUT2D eigenvalue weighted by Crippen LogP contribution is -2.61. The zero-order chi connectivity index (χ0) is 27.2. The van der Waals surface area contributed by atoms with E-state index in [0.717, 1.165) is 0 Å². The fourth-order valence-electron chi connectivity index (χ4n) is 4.39. The van der Waals surface area contributed by atoms with E-state index in [0.29, 0.717) is 11.3 Å². The molecule has 2 aliphatic heterocycles. The van der Waals surface area contributed by atoms with E-state index in [4.69, 9.17) is 28.5 Å². The van der Waals surface area contributed by atoms with Crippen LogP contribution in [0.1, 0.15) is 31.6 Å². The van der Waals surface area contributed by atoms with E-state index >= 15 is 0 Å². The smallest absolute Gasteiger partial charge is 0.317 e. The standard InChI is InChI=1S/C24H28O13/c1-9-4-11(25)18-13(34-9)6-12-10(19(18)29)5-15(35-12)24(2,3)37-23-22(32)21(31)20(30)14(36-23)8-33-17(28)7-16(26)27/h4,6,14-15,20-23,29-32H,5,7-8H2,1-3H3,(H,26,27). The minimum atomic E-state index is -1.73. The van der Waals surface area contributed by atoms with Crippen LogP contribution in [0.15, 0.2) is 21.3 Å². The Morgan fingerprint density at radius 3 is 2.51 bits per heavy atom. The molecule has 13 heteroatoms. The number of ether oxygens (including phenoxy) is 4. The summed E-state index contributed by atoms with van der Waals surface area (Å²) in [7, 11) is 0. The van der Waals surface area contributed by atoms with E-state index in [9.17, 15) is 34.8 Å². The molecule has 2 aromatic rings. The van der Waals surface area contributed by atoms with E-state index in [1.54, 1.807) is 20.8 Å². The Bertz CT molecular complexity index is 1270. The molecule has 1 aromatic carbocycles. The fraction of sp³-hybridized carbons (Fsp3) is 0.542. The summed E-state index contributed by atoms with van der Waals surface area (Å²) in [5, 5.41) is 50.4. The number of benzene rings is 1. The molecule has 0 spiro atoms. The number of phenolic OH excluding ortho intramolecular Hbond substituents is 1. The number of esters is 1. The SMILES string of the molecule is Cc1cc(=O)c2c(O)c3c(cc2o1)OC(C(C)(C)OC1OC(COC(=O)CC(=O)O)C(O)C(O)C1O)C3. The maximum absolute atomic E-state index is 12.4. The van der Waals surface area contributed by atoms with Crippen LogP contribution in [0.25, 0.3) is 11.0 Å². The third-order valence-electron chi connectivity index (χ3n) is 6.41. The molecule has 6 atom stereocenters. The molecule has 1 aromatic heterocycles. The molecule has 13 nitrogen and oxygen atoms in total. The fourth-order valence-corrected chi connectivity index (χ4v) is 4.39. The van der Waals surface area contributed by atoms with Gasteiger partial charge in [-0.3, -0.25) is 14.4 Å². The quantitative estimate of drug-likeness (QED) is 0.234. The van der Waals surface area contributed by atoms with Crippen LogP contribution in [0.5, 0.6) is 11.5 Å². The molecule has 5 N–H and O–H groups in total. The van der Waals surface area contributed by atoms with E-state index in [1.165, 1.54) is 12.1 Å². The molecule has 0 radical (unpaired) electrons. The third kappa shape index (κ3) is 5.26. The minimum Gasteiger partial charge on any atom is -0.507 e. The van der Waals surface area contributed by atoms with Gasteiger partial charge < -0.3 is 48.9 Å². The van der Waals surface area contributed by atoms with Gasteiger partial charge in [0.05, 0.1) is 0 Å². The first-order chi connectivity index (χ1) is 17.3. The molecule has 202 valence electrons. The van der Waals surface area contributed by atoms with E-state index < -0.39 is 72.8 Å². The van der Waals surface area contributed by atoms with Gasteiger partial charge in [-0.05, 0) is 20.8 Å². The second-order valence-electron chi connectivity index (χ2n) is 9.60. The summed E-state index contributed by atoms with van der Waals surface area (Å²) in [4.78, 5) is 34.6.